The normalized spacial score (nSPS) is 12.7. The van der Waals surface area contributed by atoms with Crippen LogP contribution in [0.15, 0.2) is 18.3 Å². The Morgan fingerprint density at radius 3 is 2.56 bits per heavy atom. The molecule has 0 aliphatic rings. The molecule has 0 spiro atoms. The van der Waals surface area contributed by atoms with Gasteiger partial charge in [-0.05, 0) is 39.8 Å². The molecule has 1 rings (SSSR count). The van der Waals surface area contributed by atoms with Gasteiger partial charge in [0, 0.05) is 5.54 Å². The number of aldehydes is 1. The summed E-state index contributed by atoms with van der Waals surface area (Å²) in [5.74, 6) is 0.263. The van der Waals surface area contributed by atoms with Gasteiger partial charge in [-0.15, -0.1) is 0 Å². The zero-order valence-electron chi connectivity index (χ0n) is 11.1. The van der Waals surface area contributed by atoms with Gasteiger partial charge in [0.25, 0.3) is 5.91 Å². The minimum Gasteiger partial charge on any atom is -0.479 e. The predicted molar refractivity (Wildman–Crippen MR) is 67.6 cm³/mol. The monoisotopic (exact) mass is 250 g/mol. The molecule has 0 saturated carbocycles. The lowest BCUT2D eigenvalue weighted by atomic mass is 10.1. The molecule has 1 aromatic heterocycles. The summed E-state index contributed by atoms with van der Waals surface area (Å²) in [5.41, 5.74) is 0.0306. The Bertz CT molecular complexity index is 421. The minimum absolute atomic E-state index is 0.193. The molecule has 0 aliphatic heterocycles. The molecule has 0 saturated heterocycles. The van der Waals surface area contributed by atoms with Crippen LogP contribution in [0.3, 0.4) is 0 Å². The van der Waals surface area contributed by atoms with Gasteiger partial charge in [0.15, 0.2) is 12.4 Å². The Morgan fingerprint density at radius 2 is 2.11 bits per heavy atom. The second-order valence-corrected chi connectivity index (χ2v) is 5.04. The lowest BCUT2D eigenvalue weighted by molar-refractivity contribution is -0.128. The Labute approximate surface area is 107 Å². The number of nitrogens with zero attached hydrogens (tertiary/aromatic N) is 1. The summed E-state index contributed by atoms with van der Waals surface area (Å²) >= 11 is 0. The van der Waals surface area contributed by atoms with E-state index in [0.717, 1.165) is 0 Å². The van der Waals surface area contributed by atoms with Crippen molar-refractivity contribution in [2.45, 2.75) is 39.3 Å². The Morgan fingerprint density at radius 1 is 1.44 bits per heavy atom. The SMILES string of the molecule is CC(Oc1ccc(C=O)nc1)C(=O)NC(C)(C)C. The Kier molecular flexibility index (Phi) is 4.42. The van der Waals surface area contributed by atoms with Gasteiger partial charge in [-0.2, -0.15) is 0 Å². The molecule has 0 aromatic carbocycles. The highest BCUT2D eigenvalue weighted by Crippen LogP contribution is 2.11. The number of pyridine rings is 1. The van der Waals surface area contributed by atoms with Crippen molar-refractivity contribution < 1.29 is 14.3 Å². The summed E-state index contributed by atoms with van der Waals surface area (Å²) in [4.78, 5) is 26.1. The van der Waals surface area contributed by atoms with E-state index in [-0.39, 0.29) is 11.4 Å². The predicted octanol–water partition coefficient (Wildman–Crippen LogP) is 1.58. The third-order valence-corrected chi connectivity index (χ3v) is 2.06. The van der Waals surface area contributed by atoms with Crippen LogP contribution in [0.1, 0.15) is 38.2 Å². The van der Waals surface area contributed by atoms with Gasteiger partial charge in [0.05, 0.1) is 6.20 Å². The van der Waals surface area contributed by atoms with Crippen LogP contribution in [0.4, 0.5) is 0 Å². The van der Waals surface area contributed by atoms with E-state index in [0.29, 0.717) is 17.7 Å². The van der Waals surface area contributed by atoms with Crippen molar-refractivity contribution in [1.82, 2.24) is 10.3 Å². The summed E-state index contributed by atoms with van der Waals surface area (Å²) in [6, 6.07) is 3.15. The first-order valence-electron chi connectivity index (χ1n) is 5.72. The highest BCUT2D eigenvalue weighted by molar-refractivity contribution is 5.81. The summed E-state index contributed by atoms with van der Waals surface area (Å²) in [6.07, 6.45) is 1.46. The summed E-state index contributed by atoms with van der Waals surface area (Å²) in [6.45, 7) is 7.36. The molecule has 5 heteroatoms. The maximum absolute atomic E-state index is 11.8. The third-order valence-electron chi connectivity index (χ3n) is 2.06. The smallest absolute Gasteiger partial charge is 0.261 e. The van der Waals surface area contributed by atoms with Crippen LogP contribution in [-0.4, -0.2) is 28.8 Å². The Balaban J connectivity index is 2.60. The molecule has 0 aliphatic carbocycles. The molecule has 1 aromatic rings. The molecule has 1 unspecified atom stereocenters. The zero-order valence-corrected chi connectivity index (χ0v) is 11.1. The van der Waals surface area contributed by atoms with Crippen LogP contribution >= 0.6 is 0 Å². The van der Waals surface area contributed by atoms with Gasteiger partial charge in [-0.1, -0.05) is 0 Å². The molecule has 1 heterocycles. The van der Waals surface area contributed by atoms with Gasteiger partial charge in [0.2, 0.25) is 0 Å². The molecular weight excluding hydrogens is 232 g/mol. The van der Waals surface area contributed by atoms with E-state index in [9.17, 15) is 9.59 Å². The van der Waals surface area contributed by atoms with Crippen molar-refractivity contribution in [3.8, 4) is 5.75 Å². The lowest BCUT2D eigenvalue weighted by Gasteiger charge is -2.23. The third kappa shape index (κ3) is 4.53. The number of ether oxygens (including phenoxy) is 1. The first kappa shape index (κ1) is 14.2. The molecule has 1 amide bonds. The quantitative estimate of drug-likeness (QED) is 0.824. The number of rotatable bonds is 4. The van der Waals surface area contributed by atoms with Crippen molar-refractivity contribution in [1.29, 1.82) is 0 Å². The average molecular weight is 250 g/mol. The molecule has 0 bridgehead atoms. The molecule has 5 nitrogen and oxygen atoms in total. The molecule has 18 heavy (non-hydrogen) atoms. The van der Waals surface area contributed by atoms with Crippen LogP contribution in [0.25, 0.3) is 0 Å². The van der Waals surface area contributed by atoms with Gasteiger partial charge in [0.1, 0.15) is 11.4 Å². The van der Waals surface area contributed by atoms with Crippen LogP contribution in [0.2, 0.25) is 0 Å². The van der Waals surface area contributed by atoms with Gasteiger partial charge >= 0.3 is 0 Å². The molecule has 0 fully saturated rings. The number of aromatic nitrogens is 1. The Hall–Kier alpha value is -1.91. The highest BCUT2D eigenvalue weighted by Gasteiger charge is 2.20. The van der Waals surface area contributed by atoms with E-state index < -0.39 is 6.10 Å². The second-order valence-electron chi connectivity index (χ2n) is 5.04. The second kappa shape index (κ2) is 5.62. The number of nitrogens with one attached hydrogen (secondary N) is 1. The average Bonchev–Trinajstić information content (AvgIpc) is 2.27. The van der Waals surface area contributed by atoms with Crippen molar-refractivity contribution in [2.24, 2.45) is 0 Å². The maximum atomic E-state index is 11.8. The van der Waals surface area contributed by atoms with Gasteiger partial charge in [-0.25, -0.2) is 4.98 Å². The van der Waals surface area contributed by atoms with E-state index >= 15 is 0 Å². The number of hydrogen-bond acceptors (Lipinski definition) is 4. The van der Waals surface area contributed by atoms with Gasteiger partial charge in [-0.3, -0.25) is 9.59 Å². The lowest BCUT2D eigenvalue weighted by Crippen LogP contribution is -2.46. The molecule has 98 valence electrons. The van der Waals surface area contributed by atoms with Crippen molar-refractivity contribution in [3.05, 3.63) is 24.0 Å². The minimum atomic E-state index is -0.617. The first-order valence-corrected chi connectivity index (χ1v) is 5.72. The van der Waals surface area contributed by atoms with Crippen LogP contribution in [0.5, 0.6) is 5.75 Å². The van der Waals surface area contributed by atoms with E-state index in [1.54, 1.807) is 13.0 Å². The summed E-state index contributed by atoms with van der Waals surface area (Å²) in [7, 11) is 0. The number of amides is 1. The molecular formula is C13H18N2O3. The van der Waals surface area contributed by atoms with E-state index in [1.807, 2.05) is 20.8 Å². The number of carbonyl (C=O) groups excluding carboxylic acids is 2. The molecule has 1 N–H and O–H groups in total. The van der Waals surface area contributed by atoms with E-state index in [4.69, 9.17) is 4.74 Å². The standard InChI is InChI=1S/C13H18N2O3/c1-9(12(17)15-13(2,3)4)18-11-6-5-10(8-16)14-7-11/h5-9H,1-4H3,(H,15,17). The van der Waals surface area contributed by atoms with Crippen molar-refractivity contribution in [2.75, 3.05) is 0 Å². The first-order chi connectivity index (χ1) is 8.31. The van der Waals surface area contributed by atoms with E-state index in [2.05, 4.69) is 10.3 Å². The summed E-state index contributed by atoms with van der Waals surface area (Å²) < 4.78 is 5.43. The highest BCUT2D eigenvalue weighted by atomic mass is 16.5. The topological polar surface area (TPSA) is 68.3 Å². The largest absolute Gasteiger partial charge is 0.479 e. The maximum Gasteiger partial charge on any atom is 0.261 e. The number of hydrogen-bond donors (Lipinski definition) is 1. The fraction of sp³-hybridized carbons (Fsp3) is 0.462. The fourth-order valence-electron chi connectivity index (χ4n) is 1.26. The number of carbonyl (C=O) groups is 2. The van der Waals surface area contributed by atoms with Crippen molar-refractivity contribution >= 4 is 12.2 Å². The summed E-state index contributed by atoms with van der Waals surface area (Å²) in [5, 5.41) is 2.82. The fourth-order valence-corrected chi connectivity index (χ4v) is 1.26. The van der Waals surface area contributed by atoms with Gasteiger partial charge < -0.3 is 10.1 Å². The van der Waals surface area contributed by atoms with E-state index in [1.165, 1.54) is 12.3 Å². The molecule has 0 radical (unpaired) electrons. The van der Waals surface area contributed by atoms with Crippen LogP contribution < -0.4 is 10.1 Å². The zero-order chi connectivity index (χ0) is 13.8. The van der Waals surface area contributed by atoms with Crippen molar-refractivity contribution in [3.63, 3.8) is 0 Å². The molecule has 1 atom stereocenters. The van der Waals surface area contributed by atoms with Crippen LogP contribution in [-0.2, 0) is 4.79 Å². The van der Waals surface area contributed by atoms with Crippen LogP contribution in [0, 0.1) is 0 Å².